The number of hydrogen-bond acceptors (Lipinski definition) is 7. The van der Waals surface area contributed by atoms with Crippen molar-refractivity contribution in [2.24, 2.45) is 0 Å². The van der Waals surface area contributed by atoms with Gasteiger partial charge in [0.1, 0.15) is 30.3 Å². The number of ether oxygens (including phenoxy) is 3. The molecule has 1 aliphatic heterocycles. The van der Waals surface area contributed by atoms with Gasteiger partial charge in [-0.2, -0.15) is 0 Å². The summed E-state index contributed by atoms with van der Waals surface area (Å²) in [4.78, 5) is 15.4. The number of nitrogens with zero attached hydrogens (tertiary/aromatic N) is 2. The third-order valence-electron chi connectivity index (χ3n) is 4.84. The van der Waals surface area contributed by atoms with Crippen molar-refractivity contribution in [1.82, 2.24) is 4.98 Å². The molecule has 1 unspecified atom stereocenters. The van der Waals surface area contributed by atoms with Crippen LogP contribution in [-0.2, 0) is 16.1 Å². The molecule has 2 heterocycles. The summed E-state index contributed by atoms with van der Waals surface area (Å²) in [6, 6.07) is 15.2. The molecular formula is C22H23N3O5. The summed E-state index contributed by atoms with van der Waals surface area (Å²) in [7, 11) is 0. The van der Waals surface area contributed by atoms with Gasteiger partial charge in [0.2, 0.25) is 0 Å². The first-order valence-corrected chi connectivity index (χ1v) is 9.71. The Hall–Kier alpha value is -3.23. The number of hydrogen-bond donors (Lipinski definition) is 1. The van der Waals surface area contributed by atoms with Gasteiger partial charge in [-0.25, -0.2) is 4.98 Å². The molecule has 8 heteroatoms. The van der Waals surface area contributed by atoms with E-state index in [1.165, 1.54) is 6.20 Å². The molecule has 0 amide bonds. The fraction of sp³-hybridized carbons (Fsp3) is 0.318. The Balaban J connectivity index is 1.56. The van der Waals surface area contributed by atoms with Crippen LogP contribution in [0.4, 0.5) is 11.4 Å². The standard InChI is InChI=1S/C22H23N3O5/c1-22(2)29-14-17(30-22)11-24-21-18-9-8-16(28-13-15-6-4-3-5-7-15)10-19(18)23-12-20(21)25(26)27/h3-10,12,17H,11,13-14H2,1-2H3,(H,23,24). The first-order valence-electron chi connectivity index (χ1n) is 9.71. The molecule has 2 aromatic carbocycles. The summed E-state index contributed by atoms with van der Waals surface area (Å²) in [5.41, 5.74) is 1.99. The number of nitro groups is 1. The predicted molar refractivity (Wildman–Crippen MR) is 113 cm³/mol. The highest BCUT2D eigenvalue weighted by Crippen LogP contribution is 2.34. The van der Waals surface area contributed by atoms with Crippen LogP contribution in [0, 0.1) is 10.1 Å². The van der Waals surface area contributed by atoms with Gasteiger partial charge in [-0.15, -0.1) is 0 Å². The van der Waals surface area contributed by atoms with Gasteiger partial charge in [0, 0.05) is 18.0 Å². The third kappa shape index (κ3) is 4.50. The molecule has 0 spiro atoms. The number of pyridine rings is 1. The number of nitrogens with one attached hydrogen (secondary N) is 1. The lowest BCUT2D eigenvalue weighted by molar-refractivity contribution is -0.384. The van der Waals surface area contributed by atoms with E-state index in [2.05, 4.69) is 10.3 Å². The largest absolute Gasteiger partial charge is 0.489 e. The zero-order valence-electron chi connectivity index (χ0n) is 16.8. The number of benzene rings is 2. The summed E-state index contributed by atoms with van der Waals surface area (Å²) < 4.78 is 17.2. The van der Waals surface area contributed by atoms with E-state index >= 15 is 0 Å². The smallest absolute Gasteiger partial charge is 0.311 e. The molecule has 1 atom stereocenters. The van der Waals surface area contributed by atoms with E-state index < -0.39 is 10.7 Å². The van der Waals surface area contributed by atoms with Crippen molar-refractivity contribution in [1.29, 1.82) is 0 Å². The Kier molecular flexibility index (Phi) is 5.52. The molecule has 3 aromatic rings. The summed E-state index contributed by atoms with van der Waals surface area (Å²) >= 11 is 0. The van der Waals surface area contributed by atoms with E-state index in [0.717, 1.165) is 5.56 Å². The van der Waals surface area contributed by atoms with Crippen LogP contribution < -0.4 is 10.1 Å². The van der Waals surface area contributed by atoms with E-state index in [-0.39, 0.29) is 11.8 Å². The fourth-order valence-corrected chi connectivity index (χ4v) is 3.40. The van der Waals surface area contributed by atoms with Gasteiger partial charge in [-0.3, -0.25) is 10.1 Å². The zero-order valence-corrected chi connectivity index (χ0v) is 16.8. The maximum absolute atomic E-state index is 11.5. The van der Waals surface area contributed by atoms with Gasteiger partial charge in [0.15, 0.2) is 5.79 Å². The van der Waals surface area contributed by atoms with Crippen LogP contribution in [-0.4, -0.2) is 35.0 Å². The second kappa shape index (κ2) is 8.25. The maximum Gasteiger partial charge on any atom is 0.311 e. The number of aromatic nitrogens is 1. The lowest BCUT2D eigenvalue weighted by atomic mass is 10.1. The normalized spacial score (nSPS) is 17.7. The third-order valence-corrected chi connectivity index (χ3v) is 4.84. The number of rotatable bonds is 7. The molecule has 0 bridgehead atoms. The highest BCUT2D eigenvalue weighted by molar-refractivity contribution is 5.96. The maximum atomic E-state index is 11.5. The Morgan fingerprint density at radius 3 is 2.77 bits per heavy atom. The molecule has 0 aliphatic carbocycles. The van der Waals surface area contributed by atoms with E-state index in [4.69, 9.17) is 14.2 Å². The van der Waals surface area contributed by atoms with Crippen molar-refractivity contribution in [2.75, 3.05) is 18.5 Å². The minimum Gasteiger partial charge on any atom is -0.489 e. The summed E-state index contributed by atoms with van der Waals surface area (Å²) in [5, 5.41) is 15.4. The topological polar surface area (TPSA) is 95.8 Å². The SMILES string of the molecule is CC1(C)OCC(CNc2c([N+](=O)[O-])cnc3cc(OCc4ccccc4)ccc23)O1. The highest BCUT2D eigenvalue weighted by atomic mass is 16.7. The summed E-state index contributed by atoms with van der Waals surface area (Å²) in [5.74, 6) is -0.00299. The summed E-state index contributed by atoms with van der Waals surface area (Å²) in [6.07, 6.45) is 1.07. The molecule has 1 aromatic heterocycles. The van der Waals surface area contributed by atoms with Crippen LogP contribution in [0.3, 0.4) is 0 Å². The fourth-order valence-electron chi connectivity index (χ4n) is 3.40. The Labute approximate surface area is 173 Å². The van der Waals surface area contributed by atoms with Gasteiger partial charge >= 0.3 is 5.69 Å². The molecule has 4 rings (SSSR count). The number of anilines is 1. The zero-order chi connectivity index (χ0) is 21.1. The highest BCUT2D eigenvalue weighted by Gasteiger charge is 2.33. The van der Waals surface area contributed by atoms with E-state index in [9.17, 15) is 10.1 Å². The lowest BCUT2D eigenvalue weighted by Crippen LogP contribution is -2.26. The van der Waals surface area contributed by atoms with E-state index in [1.54, 1.807) is 18.2 Å². The van der Waals surface area contributed by atoms with Crippen LogP contribution >= 0.6 is 0 Å². The van der Waals surface area contributed by atoms with Crippen molar-refractivity contribution in [2.45, 2.75) is 32.3 Å². The first-order chi connectivity index (χ1) is 14.4. The molecule has 1 saturated heterocycles. The second-order valence-electron chi connectivity index (χ2n) is 7.56. The lowest BCUT2D eigenvalue weighted by Gasteiger charge is -2.18. The van der Waals surface area contributed by atoms with Crippen molar-refractivity contribution in [3.8, 4) is 5.75 Å². The van der Waals surface area contributed by atoms with Crippen molar-refractivity contribution >= 4 is 22.3 Å². The van der Waals surface area contributed by atoms with Gasteiger partial charge in [0.25, 0.3) is 0 Å². The molecular weight excluding hydrogens is 386 g/mol. The monoisotopic (exact) mass is 409 g/mol. The minimum atomic E-state index is -0.649. The molecule has 156 valence electrons. The average molecular weight is 409 g/mol. The molecule has 1 N–H and O–H groups in total. The van der Waals surface area contributed by atoms with Gasteiger partial charge in [-0.1, -0.05) is 30.3 Å². The molecule has 8 nitrogen and oxygen atoms in total. The van der Waals surface area contributed by atoms with Crippen LogP contribution in [0.15, 0.2) is 54.7 Å². The van der Waals surface area contributed by atoms with Crippen molar-refractivity contribution in [3.63, 3.8) is 0 Å². The van der Waals surface area contributed by atoms with E-state index in [0.29, 0.717) is 42.1 Å². The minimum absolute atomic E-state index is 0.0846. The van der Waals surface area contributed by atoms with Crippen LogP contribution in [0.2, 0.25) is 0 Å². The first kappa shape index (κ1) is 20.1. The predicted octanol–water partition coefficient (Wildman–Crippen LogP) is 4.29. The quantitative estimate of drug-likeness (QED) is 0.459. The van der Waals surface area contributed by atoms with Gasteiger partial charge < -0.3 is 19.5 Å². The molecule has 0 saturated carbocycles. The second-order valence-corrected chi connectivity index (χ2v) is 7.56. The molecule has 1 fully saturated rings. The Morgan fingerprint density at radius 1 is 1.27 bits per heavy atom. The summed E-state index contributed by atoms with van der Waals surface area (Å²) in [6.45, 7) is 4.92. The van der Waals surface area contributed by atoms with Gasteiger partial charge in [-0.05, 0) is 31.5 Å². The van der Waals surface area contributed by atoms with Crippen molar-refractivity contribution < 1.29 is 19.1 Å². The van der Waals surface area contributed by atoms with E-state index in [1.807, 2.05) is 44.2 Å². The van der Waals surface area contributed by atoms with Crippen molar-refractivity contribution in [3.05, 3.63) is 70.4 Å². The van der Waals surface area contributed by atoms with Crippen LogP contribution in [0.25, 0.3) is 10.9 Å². The molecule has 30 heavy (non-hydrogen) atoms. The average Bonchev–Trinajstić information content (AvgIpc) is 3.09. The number of fused-ring (bicyclic) bond motifs is 1. The van der Waals surface area contributed by atoms with Gasteiger partial charge in [0.05, 0.1) is 17.0 Å². The van der Waals surface area contributed by atoms with Crippen LogP contribution in [0.5, 0.6) is 5.75 Å². The Bertz CT molecular complexity index is 1060. The Morgan fingerprint density at radius 2 is 2.07 bits per heavy atom. The molecule has 1 aliphatic rings. The van der Waals surface area contributed by atoms with Crippen LogP contribution in [0.1, 0.15) is 19.4 Å². The molecule has 0 radical (unpaired) electrons.